The third kappa shape index (κ3) is 0.843. The van der Waals surface area contributed by atoms with Crippen LogP contribution >= 0.6 is 12.0 Å². The van der Waals surface area contributed by atoms with Gasteiger partial charge in [-0.15, -0.1) is 0 Å². The minimum absolute atomic E-state index is 1.18. The van der Waals surface area contributed by atoms with Crippen molar-refractivity contribution in [3.63, 3.8) is 0 Å². The fourth-order valence-electron chi connectivity index (χ4n) is 0.782. The first-order valence-electron chi connectivity index (χ1n) is 2.72. The maximum absolute atomic E-state index is 5.01. The minimum Gasteiger partial charge on any atom is -0.299 e. The van der Waals surface area contributed by atoms with Crippen molar-refractivity contribution < 1.29 is 4.18 Å². The number of hydrogen-bond donors (Lipinski definition) is 0. The molecule has 1 aromatic carbocycles. The molecule has 2 heteroatoms. The van der Waals surface area contributed by atoms with E-state index in [-0.39, 0.29) is 0 Å². The molecule has 1 heterocycles. The lowest BCUT2D eigenvalue weighted by atomic mass is 10.2. The van der Waals surface area contributed by atoms with E-state index in [0.717, 1.165) is 0 Å². The van der Waals surface area contributed by atoms with Gasteiger partial charge in [-0.2, -0.15) is 0 Å². The van der Waals surface area contributed by atoms with E-state index in [1.54, 1.807) is 6.61 Å². The first-order chi connectivity index (χ1) is 4.47. The van der Waals surface area contributed by atoms with Crippen molar-refractivity contribution in [2.45, 2.75) is 4.90 Å². The summed E-state index contributed by atoms with van der Waals surface area (Å²) in [5, 5.41) is 0. The van der Waals surface area contributed by atoms with Crippen molar-refractivity contribution >= 4 is 12.0 Å². The van der Waals surface area contributed by atoms with Crippen molar-refractivity contribution in [3.05, 3.63) is 36.4 Å². The van der Waals surface area contributed by atoms with E-state index >= 15 is 0 Å². The average molecular weight is 137 g/mol. The molecule has 1 aliphatic rings. The Morgan fingerprint density at radius 1 is 1.22 bits per heavy atom. The van der Waals surface area contributed by atoms with Gasteiger partial charge in [-0.05, 0) is 6.07 Å². The Morgan fingerprint density at radius 2 is 2.11 bits per heavy atom. The lowest BCUT2D eigenvalue weighted by Gasteiger charge is -1.88. The molecule has 0 unspecified atom stereocenters. The number of hydrogen-bond acceptors (Lipinski definition) is 2. The summed E-state index contributed by atoms with van der Waals surface area (Å²) in [7, 11) is 0. The Labute approximate surface area is 58.2 Å². The van der Waals surface area contributed by atoms with Crippen LogP contribution in [0.25, 0.3) is 0 Å². The van der Waals surface area contributed by atoms with Gasteiger partial charge in [0.05, 0.1) is 0 Å². The lowest BCUT2D eigenvalue weighted by Crippen LogP contribution is -1.72. The molecule has 0 amide bonds. The van der Waals surface area contributed by atoms with Gasteiger partial charge in [0.2, 0.25) is 0 Å². The topological polar surface area (TPSA) is 9.23 Å². The van der Waals surface area contributed by atoms with Gasteiger partial charge in [-0.3, -0.25) is 4.18 Å². The first kappa shape index (κ1) is 5.33. The predicted molar refractivity (Wildman–Crippen MR) is 36.8 cm³/mol. The lowest BCUT2D eigenvalue weighted by molar-refractivity contribution is 0.520. The van der Waals surface area contributed by atoms with E-state index in [2.05, 4.69) is 0 Å². The summed E-state index contributed by atoms with van der Waals surface area (Å²) in [5.74, 6) is 0. The van der Waals surface area contributed by atoms with Gasteiger partial charge in [-0.1, -0.05) is 18.2 Å². The van der Waals surface area contributed by atoms with Crippen LogP contribution in [0.5, 0.6) is 0 Å². The molecule has 0 atom stereocenters. The molecule has 0 saturated carbocycles. The van der Waals surface area contributed by atoms with Crippen LogP contribution in [0, 0.1) is 6.61 Å². The zero-order chi connectivity index (χ0) is 6.10. The van der Waals surface area contributed by atoms with Gasteiger partial charge in [0.1, 0.15) is 6.61 Å². The van der Waals surface area contributed by atoms with Gasteiger partial charge < -0.3 is 0 Å². The Balaban J connectivity index is 2.54. The Bertz CT molecular complexity index is 199. The van der Waals surface area contributed by atoms with Crippen LogP contribution in [0.2, 0.25) is 0 Å². The Hall–Kier alpha value is -0.470. The highest BCUT2D eigenvalue weighted by molar-refractivity contribution is 7.95. The zero-order valence-electron chi connectivity index (χ0n) is 4.70. The van der Waals surface area contributed by atoms with Gasteiger partial charge in [0.25, 0.3) is 0 Å². The summed E-state index contributed by atoms with van der Waals surface area (Å²) in [5.41, 5.74) is 1.18. The quantitative estimate of drug-likeness (QED) is 0.507. The number of fused-ring (bicyclic) bond motifs is 1. The summed E-state index contributed by atoms with van der Waals surface area (Å²) >= 11 is 1.41. The molecule has 0 aliphatic carbocycles. The standard InChI is InChI=1S/C7H5OS/c1-2-4-7-6(3-1)5-8-9-7/h1-5H. The van der Waals surface area contributed by atoms with Gasteiger partial charge in [-0.25, -0.2) is 0 Å². The van der Waals surface area contributed by atoms with E-state index in [0.29, 0.717) is 0 Å². The predicted octanol–water partition coefficient (Wildman–Crippen LogP) is 2.23. The van der Waals surface area contributed by atoms with Crippen LogP contribution < -0.4 is 0 Å². The normalized spacial score (nSPS) is 15.6. The molecular weight excluding hydrogens is 132 g/mol. The maximum atomic E-state index is 5.01. The molecule has 1 radical (unpaired) electrons. The number of rotatable bonds is 0. The monoisotopic (exact) mass is 137 g/mol. The third-order valence-corrected chi connectivity index (χ3v) is 1.98. The van der Waals surface area contributed by atoms with E-state index in [1.807, 2.05) is 24.3 Å². The first-order valence-corrected chi connectivity index (χ1v) is 3.46. The van der Waals surface area contributed by atoms with Crippen LogP contribution in [0.3, 0.4) is 0 Å². The molecule has 1 nitrogen and oxygen atoms in total. The van der Waals surface area contributed by atoms with Crippen LogP contribution in [0.1, 0.15) is 5.56 Å². The molecule has 0 aromatic heterocycles. The molecule has 0 bridgehead atoms. The molecule has 0 fully saturated rings. The van der Waals surface area contributed by atoms with E-state index in [9.17, 15) is 0 Å². The smallest absolute Gasteiger partial charge is 0.130 e. The van der Waals surface area contributed by atoms with Crippen LogP contribution in [-0.2, 0) is 4.18 Å². The second-order valence-electron chi connectivity index (χ2n) is 1.84. The van der Waals surface area contributed by atoms with Gasteiger partial charge >= 0.3 is 0 Å². The third-order valence-electron chi connectivity index (χ3n) is 1.23. The van der Waals surface area contributed by atoms with E-state index in [4.69, 9.17) is 4.18 Å². The van der Waals surface area contributed by atoms with Crippen molar-refractivity contribution in [2.75, 3.05) is 0 Å². The van der Waals surface area contributed by atoms with Crippen LogP contribution in [-0.4, -0.2) is 0 Å². The Morgan fingerprint density at radius 3 is 3.00 bits per heavy atom. The molecule has 1 aromatic rings. The fraction of sp³-hybridized carbons (Fsp3) is 0. The van der Waals surface area contributed by atoms with Crippen LogP contribution in [0.15, 0.2) is 29.2 Å². The number of benzene rings is 1. The highest BCUT2D eigenvalue weighted by atomic mass is 32.2. The Kier molecular flexibility index (Phi) is 1.21. The summed E-state index contributed by atoms with van der Waals surface area (Å²) in [6, 6.07) is 8.09. The molecular formula is C7H5OS. The largest absolute Gasteiger partial charge is 0.299 e. The molecule has 2 rings (SSSR count). The van der Waals surface area contributed by atoms with Crippen molar-refractivity contribution in [3.8, 4) is 0 Å². The molecule has 1 aliphatic heterocycles. The SMILES string of the molecule is [CH]1OSc2ccccc21. The summed E-state index contributed by atoms with van der Waals surface area (Å²) < 4.78 is 5.01. The minimum atomic E-state index is 1.18. The molecule has 0 saturated heterocycles. The second-order valence-corrected chi connectivity index (χ2v) is 2.63. The average Bonchev–Trinajstić information content (AvgIpc) is 2.33. The van der Waals surface area contributed by atoms with E-state index in [1.165, 1.54) is 22.5 Å². The fourth-order valence-corrected chi connectivity index (χ4v) is 1.38. The highest BCUT2D eigenvalue weighted by Crippen LogP contribution is 2.32. The summed E-state index contributed by atoms with van der Waals surface area (Å²) in [4.78, 5) is 1.21. The second kappa shape index (κ2) is 2.05. The highest BCUT2D eigenvalue weighted by Gasteiger charge is 2.10. The molecule has 0 N–H and O–H groups in total. The van der Waals surface area contributed by atoms with Gasteiger partial charge in [0.15, 0.2) is 0 Å². The zero-order valence-corrected chi connectivity index (χ0v) is 5.52. The van der Waals surface area contributed by atoms with E-state index < -0.39 is 0 Å². The van der Waals surface area contributed by atoms with Crippen molar-refractivity contribution in [1.29, 1.82) is 0 Å². The molecule has 9 heavy (non-hydrogen) atoms. The van der Waals surface area contributed by atoms with Gasteiger partial charge in [0, 0.05) is 22.5 Å². The summed E-state index contributed by atoms with van der Waals surface area (Å²) in [6.45, 7) is 1.76. The summed E-state index contributed by atoms with van der Waals surface area (Å²) in [6.07, 6.45) is 0. The van der Waals surface area contributed by atoms with Crippen molar-refractivity contribution in [2.24, 2.45) is 0 Å². The molecule has 0 spiro atoms. The van der Waals surface area contributed by atoms with Crippen molar-refractivity contribution in [1.82, 2.24) is 0 Å². The van der Waals surface area contributed by atoms with Crippen LogP contribution in [0.4, 0.5) is 0 Å². The molecule has 45 valence electrons. The maximum Gasteiger partial charge on any atom is 0.130 e.